The molecule has 9 heteroatoms. The molecule has 176 valence electrons. The number of carbonyl (C=O) groups is 1. The fourth-order valence-electron chi connectivity index (χ4n) is 3.24. The van der Waals surface area contributed by atoms with E-state index >= 15 is 0 Å². The van der Waals surface area contributed by atoms with Gasteiger partial charge in [-0.1, -0.05) is 12.1 Å². The van der Waals surface area contributed by atoms with Crippen LogP contribution in [-0.2, 0) is 27.8 Å². The molecule has 2 aromatic carbocycles. The van der Waals surface area contributed by atoms with E-state index in [1.54, 1.807) is 71.4 Å². The lowest BCUT2D eigenvalue weighted by Crippen LogP contribution is -2.30. The fraction of sp³-hybridized carbons (Fsp3) is 0.435. The summed E-state index contributed by atoms with van der Waals surface area (Å²) in [5, 5.41) is 0. The standard InChI is InChI=1S/C23H32N2O6S/c1-16(2)24-32(27,28)19-10-7-17(8-11-19)9-12-22(26)25(3)15-18-13-20(29-4)23(31-6)21(14-18)30-5/h7-8,10-11,13-14,16,24H,9,12,15H2,1-6H3. The number of sulfonamides is 1. The lowest BCUT2D eigenvalue weighted by Gasteiger charge is -2.19. The first-order chi connectivity index (χ1) is 15.1. The zero-order valence-electron chi connectivity index (χ0n) is 19.5. The Morgan fingerprint density at radius 1 is 0.969 bits per heavy atom. The van der Waals surface area contributed by atoms with Gasteiger partial charge in [-0.2, -0.15) is 0 Å². The molecular weight excluding hydrogens is 432 g/mol. The monoisotopic (exact) mass is 464 g/mol. The molecule has 0 aliphatic heterocycles. The van der Waals surface area contributed by atoms with Crippen molar-refractivity contribution in [3.63, 3.8) is 0 Å². The topological polar surface area (TPSA) is 94.2 Å². The number of rotatable bonds is 11. The maximum atomic E-state index is 12.6. The van der Waals surface area contributed by atoms with Crippen molar-refractivity contribution in [1.82, 2.24) is 9.62 Å². The van der Waals surface area contributed by atoms with Crippen molar-refractivity contribution in [2.24, 2.45) is 0 Å². The molecule has 1 N–H and O–H groups in total. The molecular formula is C23H32N2O6S. The Bertz CT molecular complexity index is 994. The summed E-state index contributed by atoms with van der Waals surface area (Å²) >= 11 is 0. The van der Waals surface area contributed by atoms with Crippen LogP contribution in [0.4, 0.5) is 0 Å². The summed E-state index contributed by atoms with van der Waals surface area (Å²) in [4.78, 5) is 14.5. The molecule has 0 aliphatic rings. The number of hydrogen-bond donors (Lipinski definition) is 1. The molecule has 0 fully saturated rings. The molecule has 0 unspecified atom stereocenters. The van der Waals surface area contributed by atoms with Gasteiger partial charge in [0.15, 0.2) is 11.5 Å². The van der Waals surface area contributed by atoms with Gasteiger partial charge in [-0.3, -0.25) is 4.79 Å². The maximum absolute atomic E-state index is 12.6. The second kappa shape index (κ2) is 11.2. The van der Waals surface area contributed by atoms with Gasteiger partial charge in [0.2, 0.25) is 21.7 Å². The van der Waals surface area contributed by atoms with Crippen molar-refractivity contribution in [3.8, 4) is 17.2 Å². The normalized spacial score (nSPS) is 11.3. The number of benzene rings is 2. The molecule has 0 bridgehead atoms. The number of nitrogens with zero attached hydrogens (tertiary/aromatic N) is 1. The van der Waals surface area contributed by atoms with E-state index < -0.39 is 10.0 Å². The lowest BCUT2D eigenvalue weighted by atomic mass is 10.1. The van der Waals surface area contributed by atoms with Crippen LogP contribution in [0.5, 0.6) is 17.2 Å². The first kappa shape index (κ1) is 25.5. The minimum absolute atomic E-state index is 0.0306. The largest absolute Gasteiger partial charge is 0.493 e. The number of carbonyl (C=O) groups excluding carboxylic acids is 1. The highest BCUT2D eigenvalue weighted by molar-refractivity contribution is 7.89. The van der Waals surface area contributed by atoms with E-state index in [0.29, 0.717) is 36.6 Å². The van der Waals surface area contributed by atoms with Crippen molar-refractivity contribution in [2.75, 3.05) is 28.4 Å². The fourth-order valence-corrected chi connectivity index (χ4v) is 4.50. The van der Waals surface area contributed by atoms with Gasteiger partial charge in [-0.25, -0.2) is 13.1 Å². The predicted molar refractivity (Wildman–Crippen MR) is 123 cm³/mol. The Labute approximate surface area is 190 Å². The zero-order valence-corrected chi connectivity index (χ0v) is 20.3. The molecule has 0 spiro atoms. The van der Waals surface area contributed by atoms with E-state index in [-0.39, 0.29) is 16.8 Å². The van der Waals surface area contributed by atoms with E-state index in [4.69, 9.17) is 14.2 Å². The summed E-state index contributed by atoms with van der Waals surface area (Å²) in [7, 11) is 2.84. The van der Waals surface area contributed by atoms with Crippen LogP contribution >= 0.6 is 0 Å². The van der Waals surface area contributed by atoms with Crippen LogP contribution in [-0.4, -0.2) is 53.6 Å². The van der Waals surface area contributed by atoms with Crippen molar-refractivity contribution in [3.05, 3.63) is 47.5 Å². The molecule has 0 radical (unpaired) electrons. The SMILES string of the molecule is COc1cc(CN(C)C(=O)CCc2ccc(S(=O)(=O)NC(C)C)cc2)cc(OC)c1OC. The summed E-state index contributed by atoms with van der Waals surface area (Å²) in [6.45, 7) is 3.92. The van der Waals surface area contributed by atoms with Gasteiger partial charge in [0, 0.05) is 26.1 Å². The molecule has 2 aromatic rings. The Kier molecular flexibility index (Phi) is 8.91. The zero-order chi connectivity index (χ0) is 23.9. The third kappa shape index (κ3) is 6.61. The number of methoxy groups -OCH3 is 3. The highest BCUT2D eigenvalue weighted by Crippen LogP contribution is 2.38. The molecule has 32 heavy (non-hydrogen) atoms. The summed E-state index contributed by atoms with van der Waals surface area (Å²) < 4.78 is 43.0. The summed E-state index contributed by atoms with van der Waals surface area (Å²) in [5.74, 6) is 1.54. The third-order valence-corrected chi connectivity index (χ3v) is 6.50. The highest BCUT2D eigenvalue weighted by atomic mass is 32.2. The van der Waals surface area contributed by atoms with E-state index in [1.807, 2.05) is 12.1 Å². The number of hydrogen-bond acceptors (Lipinski definition) is 6. The molecule has 8 nitrogen and oxygen atoms in total. The average Bonchev–Trinajstić information content (AvgIpc) is 2.75. The minimum Gasteiger partial charge on any atom is -0.493 e. The number of ether oxygens (including phenoxy) is 3. The van der Waals surface area contributed by atoms with Gasteiger partial charge in [0.25, 0.3) is 0 Å². The third-order valence-electron chi connectivity index (χ3n) is 4.82. The average molecular weight is 465 g/mol. The van der Waals surface area contributed by atoms with Crippen LogP contribution in [0.2, 0.25) is 0 Å². The number of aryl methyl sites for hydroxylation is 1. The summed E-state index contributed by atoms with van der Waals surface area (Å²) in [6.07, 6.45) is 0.813. The highest BCUT2D eigenvalue weighted by Gasteiger charge is 2.17. The maximum Gasteiger partial charge on any atom is 0.240 e. The van der Waals surface area contributed by atoms with E-state index in [1.165, 1.54) is 0 Å². The van der Waals surface area contributed by atoms with Crippen molar-refractivity contribution in [2.45, 2.75) is 44.2 Å². The van der Waals surface area contributed by atoms with Gasteiger partial charge in [0.05, 0.1) is 26.2 Å². The van der Waals surface area contributed by atoms with Crippen LogP contribution in [0.15, 0.2) is 41.3 Å². The first-order valence-corrected chi connectivity index (χ1v) is 11.7. The van der Waals surface area contributed by atoms with Crippen LogP contribution in [0, 0.1) is 0 Å². The van der Waals surface area contributed by atoms with E-state index in [2.05, 4.69) is 4.72 Å². The Balaban J connectivity index is 2.00. The van der Waals surface area contributed by atoms with Crippen LogP contribution in [0.3, 0.4) is 0 Å². The predicted octanol–water partition coefficient (Wildman–Crippen LogP) is 2.99. The molecule has 1 amide bonds. The van der Waals surface area contributed by atoms with Crippen molar-refractivity contribution in [1.29, 1.82) is 0 Å². The number of amides is 1. The van der Waals surface area contributed by atoms with Gasteiger partial charge < -0.3 is 19.1 Å². The summed E-state index contributed by atoms with van der Waals surface area (Å²) in [6, 6.07) is 10.0. The lowest BCUT2D eigenvalue weighted by molar-refractivity contribution is -0.130. The molecule has 2 rings (SSSR count). The van der Waals surface area contributed by atoms with Crippen molar-refractivity contribution >= 4 is 15.9 Å². The van der Waals surface area contributed by atoms with Gasteiger partial charge >= 0.3 is 0 Å². The summed E-state index contributed by atoms with van der Waals surface area (Å²) in [5.41, 5.74) is 1.74. The molecule has 0 aliphatic carbocycles. The van der Waals surface area contributed by atoms with Crippen LogP contribution in [0.1, 0.15) is 31.4 Å². The second-order valence-electron chi connectivity index (χ2n) is 7.70. The first-order valence-electron chi connectivity index (χ1n) is 10.2. The van der Waals surface area contributed by atoms with Crippen LogP contribution < -0.4 is 18.9 Å². The smallest absolute Gasteiger partial charge is 0.240 e. The van der Waals surface area contributed by atoms with Gasteiger partial charge in [-0.05, 0) is 55.7 Å². The molecule has 0 saturated heterocycles. The number of nitrogens with one attached hydrogen (secondary N) is 1. The molecule has 0 heterocycles. The van der Waals surface area contributed by atoms with Crippen LogP contribution in [0.25, 0.3) is 0 Å². The van der Waals surface area contributed by atoms with E-state index in [9.17, 15) is 13.2 Å². The molecule has 0 atom stereocenters. The Morgan fingerprint density at radius 3 is 2.00 bits per heavy atom. The van der Waals surface area contributed by atoms with E-state index in [0.717, 1.165) is 11.1 Å². The minimum atomic E-state index is -3.53. The Hall–Kier alpha value is -2.78. The Morgan fingerprint density at radius 2 is 1.53 bits per heavy atom. The second-order valence-corrected chi connectivity index (χ2v) is 9.42. The molecule has 0 saturated carbocycles. The van der Waals surface area contributed by atoms with Gasteiger partial charge in [-0.15, -0.1) is 0 Å². The van der Waals surface area contributed by atoms with Gasteiger partial charge in [0.1, 0.15) is 0 Å². The molecule has 0 aromatic heterocycles. The van der Waals surface area contributed by atoms with Crippen molar-refractivity contribution < 1.29 is 27.4 Å². The quantitative estimate of drug-likeness (QED) is 0.549.